The van der Waals surface area contributed by atoms with E-state index in [-0.39, 0.29) is 5.82 Å². The minimum absolute atomic E-state index is 0.0993. The van der Waals surface area contributed by atoms with E-state index in [0.29, 0.717) is 0 Å². The van der Waals surface area contributed by atoms with E-state index in [1.54, 1.807) is 12.1 Å². The van der Waals surface area contributed by atoms with Gasteiger partial charge in [0.25, 0.3) is 0 Å². The van der Waals surface area contributed by atoms with Crippen molar-refractivity contribution < 1.29 is 4.39 Å². The van der Waals surface area contributed by atoms with Crippen molar-refractivity contribution in [2.24, 2.45) is 11.8 Å². The summed E-state index contributed by atoms with van der Waals surface area (Å²) in [4.78, 5) is 7.74. The molecular weight excluding hydrogens is 330 g/mol. The molecular formula is C16H23FSn. The summed E-state index contributed by atoms with van der Waals surface area (Å²) in [5, 5.41) is 0. The Bertz CT molecular complexity index is 431. The van der Waals surface area contributed by atoms with Crippen molar-refractivity contribution in [3.05, 3.63) is 35.6 Å². The Morgan fingerprint density at radius 2 is 1.61 bits per heavy atom. The number of hydrogen-bond donors (Lipinski definition) is 0. The van der Waals surface area contributed by atoms with Gasteiger partial charge in [-0.15, -0.1) is 0 Å². The average Bonchev–Trinajstić information content (AvgIpc) is 2.88. The van der Waals surface area contributed by atoms with Crippen molar-refractivity contribution >= 4 is 18.4 Å². The fourth-order valence-corrected chi connectivity index (χ4v) is 14.0. The summed E-state index contributed by atoms with van der Waals surface area (Å²) in [6.45, 7) is 0. The zero-order chi connectivity index (χ0) is 12.9. The van der Waals surface area contributed by atoms with Crippen molar-refractivity contribution in [2.45, 2.75) is 43.9 Å². The molecule has 4 atom stereocenters. The van der Waals surface area contributed by atoms with E-state index in [1.165, 1.54) is 24.8 Å². The molecule has 0 N–H and O–H groups in total. The number of halogens is 1. The molecule has 0 amide bonds. The van der Waals surface area contributed by atoms with E-state index in [4.69, 9.17) is 0 Å². The van der Waals surface area contributed by atoms with E-state index in [9.17, 15) is 4.39 Å². The molecule has 18 heavy (non-hydrogen) atoms. The van der Waals surface area contributed by atoms with Gasteiger partial charge in [0.05, 0.1) is 0 Å². The van der Waals surface area contributed by atoms with Crippen molar-refractivity contribution in [3.63, 3.8) is 0 Å². The van der Waals surface area contributed by atoms with Gasteiger partial charge in [-0.05, 0) is 0 Å². The first-order chi connectivity index (χ1) is 8.47. The molecule has 2 aliphatic rings. The van der Waals surface area contributed by atoms with Gasteiger partial charge in [-0.3, -0.25) is 0 Å². The third-order valence-corrected chi connectivity index (χ3v) is 13.2. The van der Waals surface area contributed by atoms with Crippen LogP contribution in [0.4, 0.5) is 4.39 Å². The second-order valence-corrected chi connectivity index (χ2v) is 22.7. The normalized spacial score (nSPS) is 35.1. The van der Waals surface area contributed by atoms with Crippen LogP contribution in [-0.4, -0.2) is 18.4 Å². The van der Waals surface area contributed by atoms with E-state index in [2.05, 4.69) is 14.8 Å². The monoisotopic (exact) mass is 354 g/mol. The maximum absolute atomic E-state index is 13.1. The van der Waals surface area contributed by atoms with E-state index in [0.717, 1.165) is 21.7 Å². The van der Waals surface area contributed by atoms with Gasteiger partial charge in [0, 0.05) is 0 Å². The van der Waals surface area contributed by atoms with Crippen LogP contribution >= 0.6 is 0 Å². The van der Waals surface area contributed by atoms with Crippen LogP contribution in [0.3, 0.4) is 0 Å². The molecule has 2 fully saturated rings. The number of benzene rings is 1. The molecule has 0 nitrogen and oxygen atoms in total. The van der Waals surface area contributed by atoms with Crippen LogP contribution in [0.1, 0.15) is 30.7 Å². The third-order valence-electron chi connectivity index (χ3n) is 5.17. The van der Waals surface area contributed by atoms with E-state index >= 15 is 0 Å². The van der Waals surface area contributed by atoms with Gasteiger partial charge in [-0.2, -0.15) is 0 Å². The summed E-state index contributed by atoms with van der Waals surface area (Å²) in [7, 11) is 0. The predicted molar refractivity (Wildman–Crippen MR) is 77.1 cm³/mol. The minimum atomic E-state index is -1.89. The summed E-state index contributed by atoms with van der Waals surface area (Å²) >= 11 is -1.89. The van der Waals surface area contributed by atoms with Crippen molar-refractivity contribution in [1.29, 1.82) is 0 Å². The summed E-state index contributed by atoms with van der Waals surface area (Å²) in [5.74, 6) is 2.53. The quantitative estimate of drug-likeness (QED) is 0.653. The SMILES string of the molecule is [CH3][Sn]([CH3])([CH3])[C@H]1[C@@H]2CC[C@@H](C2)[C@H]1c1ccc(F)cc1. The molecule has 98 valence electrons. The van der Waals surface area contributed by atoms with Gasteiger partial charge in [-0.25, -0.2) is 0 Å². The Morgan fingerprint density at radius 1 is 1.00 bits per heavy atom. The molecule has 0 saturated heterocycles. The van der Waals surface area contributed by atoms with Gasteiger partial charge in [-0.1, -0.05) is 0 Å². The molecule has 2 aliphatic carbocycles. The van der Waals surface area contributed by atoms with Crippen LogP contribution in [0.15, 0.2) is 24.3 Å². The van der Waals surface area contributed by atoms with Gasteiger partial charge >= 0.3 is 114 Å². The molecule has 0 spiro atoms. The fraction of sp³-hybridized carbons (Fsp3) is 0.625. The third kappa shape index (κ3) is 2.13. The molecule has 1 aromatic carbocycles. The average molecular weight is 353 g/mol. The summed E-state index contributed by atoms with van der Waals surface area (Å²) in [5.41, 5.74) is 1.42. The van der Waals surface area contributed by atoms with Crippen LogP contribution in [-0.2, 0) is 0 Å². The number of rotatable bonds is 2. The molecule has 3 rings (SSSR count). The second kappa shape index (κ2) is 4.50. The second-order valence-electron chi connectivity index (χ2n) is 7.30. The van der Waals surface area contributed by atoms with E-state index in [1.807, 2.05) is 12.1 Å². The number of fused-ring (bicyclic) bond motifs is 2. The molecule has 0 unspecified atom stereocenters. The molecule has 2 saturated carbocycles. The first-order valence-corrected chi connectivity index (χ1v) is 17.4. The summed E-state index contributed by atoms with van der Waals surface area (Å²) in [6.07, 6.45) is 4.31. The Kier molecular flexibility index (Phi) is 3.24. The van der Waals surface area contributed by atoms with Crippen LogP contribution in [0.25, 0.3) is 0 Å². The Balaban J connectivity index is 1.96. The first-order valence-electron chi connectivity index (χ1n) is 7.22. The first kappa shape index (κ1) is 13.0. The van der Waals surface area contributed by atoms with Gasteiger partial charge in [0.2, 0.25) is 0 Å². The van der Waals surface area contributed by atoms with Gasteiger partial charge in [0.15, 0.2) is 0 Å². The Morgan fingerprint density at radius 3 is 2.22 bits per heavy atom. The molecule has 0 heterocycles. The van der Waals surface area contributed by atoms with Crippen LogP contribution in [0.2, 0.25) is 18.8 Å². The molecule has 2 bridgehead atoms. The molecule has 0 aliphatic heterocycles. The van der Waals surface area contributed by atoms with Gasteiger partial charge in [0.1, 0.15) is 0 Å². The van der Waals surface area contributed by atoms with Crippen LogP contribution in [0.5, 0.6) is 0 Å². The Labute approximate surface area is 114 Å². The predicted octanol–water partition coefficient (Wildman–Crippen LogP) is 5.05. The Hall–Kier alpha value is -0.0513. The van der Waals surface area contributed by atoms with Crippen molar-refractivity contribution in [1.82, 2.24) is 0 Å². The topological polar surface area (TPSA) is 0 Å². The standard InChI is InChI=1S/C13H14F.3CH3.Sn/c14-12-5-3-10(4-6-12)13-8-9-1-2-11(13)7-9;;;;/h3-6,8-9,11,13H,1-2,7H2;3*1H3;/t9-,11+,13-;;;;/m1..../s1. The zero-order valence-electron chi connectivity index (χ0n) is 11.6. The summed E-state index contributed by atoms with van der Waals surface area (Å²) in [6, 6.07) is 7.39. The molecule has 2 heteroatoms. The fourth-order valence-electron chi connectivity index (χ4n) is 4.70. The molecule has 0 aromatic heterocycles. The molecule has 1 aromatic rings. The van der Waals surface area contributed by atoms with E-state index < -0.39 is 18.4 Å². The zero-order valence-corrected chi connectivity index (χ0v) is 14.5. The summed E-state index contributed by atoms with van der Waals surface area (Å²) < 4.78 is 14.1. The number of hydrogen-bond acceptors (Lipinski definition) is 0. The van der Waals surface area contributed by atoms with Crippen LogP contribution in [0, 0.1) is 17.7 Å². The van der Waals surface area contributed by atoms with Crippen molar-refractivity contribution in [3.8, 4) is 0 Å². The van der Waals surface area contributed by atoms with Crippen LogP contribution < -0.4 is 0 Å². The molecule has 0 radical (unpaired) electrons. The van der Waals surface area contributed by atoms with Gasteiger partial charge < -0.3 is 0 Å². The maximum atomic E-state index is 13.1. The van der Waals surface area contributed by atoms with Crippen molar-refractivity contribution in [2.75, 3.05) is 0 Å².